The number of aromatic nitrogens is 4. The van der Waals surface area contributed by atoms with Crippen molar-refractivity contribution in [1.29, 1.82) is 0 Å². The number of halogens is 2. The van der Waals surface area contributed by atoms with Gasteiger partial charge in [-0.2, -0.15) is 15.2 Å². The molecule has 6 nitrogen and oxygen atoms in total. The van der Waals surface area contributed by atoms with Crippen molar-refractivity contribution >= 4 is 0 Å². The van der Waals surface area contributed by atoms with E-state index in [0.717, 1.165) is 36.9 Å². The van der Waals surface area contributed by atoms with Gasteiger partial charge in [-0.3, -0.25) is 0 Å². The van der Waals surface area contributed by atoms with Gasteiger partial charge in [0, 0.05) is 11.8 Å². The third kappa shape index (κ3) is 3.49. The largest absolute Gasteiger partial charge is 0.387 e. The van der Waals surface area contributed by atoms with Crippen LogP contribution in [0.15, 0.2) is 28.8 Å². The lowest BCUT2D eigenvalue weighted by Gasteiger charge is -2.39. The molecule has 0 fully saturated rings. The molecular formula is C22H24F2N4O2. The van der Waals surface area contributed by atoms with E-state index in [1.165, 1.54) is 18.2 Å². The highest BCUT2D eigenvalue weighted by atomic mass is 19.1. The molecular weight excluding hydrogens is 390 g/mol. The third-order valence-corrected chi connectivity index (χ3v) is 6.27. The summed E-state index contributed by atoms with van der Waals surface area (Å²) in [6, 6.07) is 5.57. The number of aliphatic hydroxyl groups is 1. The standard InChI is InChI=1S/C22H24F2N4O2/c1-3-13-8-9-22(4-2,11-18-25-19(12-29)30-28-18)21-14(13)10-17(26-27-21)20-15(23)6-5-7-16(20)24/h5-7,10,13,29H,3-4,8-9,11-12H2,1-2H3/t13-,22+/m0/s1. The summed E-state index contributed by atoms with van der Waals surface area (Å²) in [6.45, 7) is 3.87. The number of rotatable bonds is 6. The molecule has 0 unspecified atom stereocenters. The monoisotopic (exact) mass is 414 g/mol. The van der Waals surface area contributed by atoms with Crippen LogP contribution in [0.4, 0.5) is 8.78 Å². The van der Waals surface area contributed by atoms with E-state index in [2.05, 4.69) is 34.2 Å². The van der Waals surface area contributed by atoms with Crippen molar-refractivity contribution in [2.45, 2.75) is 63.9 Å². The van der Waals surface area contributed by atoms with Gasteiger partial charge >= 0.3 is 0 Å². The molecule has 2 heterocycles. The summed E-state index contributed by atoms with van der Waals surface area (Å²) < 4.78 is 33.7. The minimum Gasteiger partial charge on any atom is -0.387 e. The zero-order valence-electron chi connectivity index (χ0n) is 17.0. The fourth-order valence-corrected chi connectivity index (χ4v) is 4.51. The molecule has 2 aromatic heterocycles. The Hall–Kier alpha value is -2.74. The van der Waals surface area contributed by atoms with Crippen LogP contribution < -0.4 is 0 Å². The molecule has 158 valence electrons. The van der Waals surface area contributed by atoms with Gasteiger partial charge in [0.15, 0.2) is 5.82 Å². The summed E-state index contributed by atoms with van der Waals surface area (Å²) >= 11 is 0. The second-order valence-electron chi connectivity index (χ2n) is 7.85. The predicted octanol–water partition coefficient (Wildman–Crippen LogP) is 4.48. The minimum absolute atomic E-state index is 0.152. The minimum atomic E-state index is -0.654. The summed E-state index contributed by atoms with van der Waals surface area (Å²) in [7, 11) is 0. The van der Waals surface area contributed by atoms with Crippen LogP contribution in [-0.2, 0) is 18.4 Å². The van der Waals surface area contributed by atoms with E-state index in [9.17, 15) is 13.9 Å². The van der Waals surface area contributed by atoms with Crippen LogP contribution >= 0.6 is 0 Å². The molecule has 0 aliphatic heterocycles. The number of benzene rings is 1. The first kappa shape index (κ1) is 20.5. The Labute approximate surface area is 173 Å². The van der Waals surface area contributed by atoms with Gasteiger partial charge < -0.3 is 9.63 Å². The SMILES string of the molecule is CC[C@H]1CC[C@](CC)(Cc2noc(CO)n2)c2nnc(-c3c(F)cccc3F)cc21. The molecule has 1 aliphatic carbocycles. The first-order valence-electron chi connectivity index (χ1n) is 10.3. The maximum absolute atomic E-state index is 14.3. The molecule has 1 N–H and O–H groups in total. The van der Waals surface area contributed by atoms with E-state index in [-0.39, 0.29) is 35.1 Å². The molecule has 0 radical (unpaired) electrons. The Balaban J connectivity index is 1.81. The first-order chi connectivity index (χ1) is 14.5. The van der Waals surface area contributed by atoms with Crippen molar-refractivity contribution in [2.24, 2.45) is 0 Å². The number of nitrogens with zero attached hydrogens (tertiary/aromatic N) is 4. The Kier molecular flexibility index (Phi) is 5.60. The van der Waals surface area contributed by atoms with Crippen LogP contribution in [0.2, 0.25) is 0 Å². The summed E-state index contributed by atoms with van der Waals surface area (Å²) in [5, 5.41) is 21.9. The normalized spacial score (nSPS) is 20.9. The highest BCUT2D eigenvalue weighted by Crippen LogP contribution is 2.47. The molecule has 1 aromatic carbocycles. The maximum Gasteiger partial charge on any atom is 0.252 e. The molecule has 8 heteroatoms. The van der Waals surface area contributed by atoms with Gasteiger partial charge in [-0.25, -0.2) is 8.78 Å². The Morgan fingerprint density at radius 3 is 2.60 bits per heavy atom. The van der Waals surface area contributed by atoms with Gasteiger partial charge in [-0.1, -0.05) is 25.1 Å². The molecule has 0 spiro atoms. The van der Waals surface area contributed by atoms with Crippen LogP contribution in [0.1, 0.15) is 68.4 Å². The average molecular weight is 414 g/mol. The van der Waals surface area contributed by atoms with Gasteiger partial charge in [-0.15, -0.1) is 0 Å². The number of hydrogen-bond donors (Lipinski definition) is 1. The predicted molar refractivity (Wildman–Crippen MR) is 106 cm³/mol. The van der Waals surface area contributed by atoms with Crippen molar-refractivity contribution in [1.82, 2.24) is 20.3 Å². The summed E-state index contributed by atoms with van der Waals surface area (Å²) in [5.41, 5.74) is 1.51. The molecule has 3 aromatic rings. The van der Waals surface area contributed by atoms with Crippen LogP contribution in [0.25, 0.3) is 11.3 Å². The van der Waals surface area contributed by atoms with Crippen molar-refractivity contribution in [2.75, 3.05) is 0 Å². The van der Waals surface area contributed by atoms with E-state index in [1.54, 1.807) is 6.07 Å². The van der Waals surface area contributed by atoms with Gasteiger partial charge in [-0.05, 0) is 55.4 Å². The zero-order chi connectivity index (χ0) is 21.3. The van der Waals surface area contributed by atoms with Gasteiger partial charge in [0.25, 0.3) is 5.89 Å². The summed E-state index contributed by atoms with van der Waals surface area (Å²) in [5.74, 6) is -0.388. The quantitative estimate of drug-likeness (QED) is 0.640. The lowest BCUT2D eigenvalue weighted by atomic mass is 9.65. The van der Waals surface area contributed by atoms with Crippen LogP contribution in [0.5, 0.6) is 0 Å². The van der Waals surface area contributed by atoms with E-state index < -0.39 is 11.6 Å². The van der Waals surface area contributed by atoms with Crippen molar-refractivity contribution < 1.29 is 18.4 Å². The van der Waals surface area contributed by atoms with Crippen molar-refractivity contribution in [3.63, 3.8) is 0 Å². The topological polar surface area (TPSA) is 84.9 Å². The van der Waals surface area contributed by atoms with Gasteiger partial charge in [0.05, 0.1) is 17.0 Å². The van der Waals surface area contributed by atoms with E-state index in [0.29, 0.717) is 12.2 Å². The molecule has 1 aliphatic rings. The van der Waals surface area contributed by atoms with Gasteiger partial charge in [0.1, 0.15) is 18.2 Å². The lowest BCUT2D eigenvalue weighted by Crippen LogP contribution is -2.36. The average Bonchev–Trinajstić information content (AvgIpc) is 3.21. The fourth-order valence-electron chi connectivity index (χ4n) is 4.51. The summed E-state index contributed by atoms with van der Waals surface area (Å²) in [4.78, 5) is 4.24. The highest BCUT2D eigenvalue weighted by Gasteiger charge is 2.41. The van der Waals surface area contributed by atoms with E-state index in [4.69, 9.17) is 4.52 Å². The molecule has 2 atom stereocenters. The molecule has 0 bridgehead atoms. The Morgan fingerprint density at radius 2 is 1.97 bits per heavy atom. The maximum atomic E-state index is 14.3. The fraction of sp³-hybridized carbons (Fsp3) is 0.455. The molecule has 30 heavy (non-hydrogen) atoms. The van der Waals surface area contributed by atoms with Gasteiger partial charge in [0.2, 0.25) is 0 Å². The first-order valence-corrected chi connectivity index (χ1v) is 10.3. The second kappa shape index (κ2) is 8.18. The van der Waals surface area contributed by atoms with E-state index in [1.807, 2.05) is 0 Å². The number of fused-ring (bicyclic) bond motifs is 1. The highest BCUT2D eigenvalue weighted by molar-refractivity contribution is 5.62. The van der Waals surface area contributed by atoms with Crippen LogP contribution in [0, 0.1) is 11.6 Å². The summed E-state index contributed by atoms with van der Waals surface area (Å²) in [6.07, 6.45) is 3.97. The van der Waals surface area contributed by atoms with Crippen LogP contribution in [-0.4, -0.2) is 25.4 Å². The zero-order valence-corrected chi connectivity index (χ0v) is 17.0. The Bertz CT molecular complexity index is 1040. The molecule has 0 amide bonds. The lowest BCUT2D eigenvalue weighted by molar-refractivity contribution is 0.222. The smallest absolute Gasteiger partial charge is 0.252 e. The third-order valence-electron chi connectivity index (χ3n) is 6.27. The number of hydrogen-bond acceptors (Lipinski definition) is 6. The van der Waals surface area contributed by atoms with E-state index >= 15 is 0 Å². The molecule has 0 saturated carbocycles. The van der Waals surface area contributed by atoms with Crippen LogP contribution in [0.3, 0.4) is 0 Å². The molecule has 4 rings (SSSR count). The second-order valence-corrected chi connectivity index (χ2v) is 7.85. The van der Waals surface area contributed by atoms with Crippen molar-refractivity contribution in [3.8, 4) is 11.3 Å². The van der Waals surface area contributed by atoms with Crippen molar-refractivity contribution in [3.05, 3.63) is 58.9 Å². The number of aliphatic hydroxyl groups excluding tert-OH is 1. The molecule has 0 saturated heterocycles. The Morgan fingerprint density at radius 1 is 1.20 bits per heavy atom.